The van der Waals surface area contributed by atoms with Crippen molar-refractivity contribution in [3.63, 3.8) is 0 Å². The minimum absolute atomic E-state index is 0.158. The number of guanidine groups is 1. The van der Waals surface area contributed by atoms with Crippen molar-refractivity contribution in [2.24, 2.45) is 10.7 Å². The molecule has 1 aliphatic heterocycles. The molecule has 2 aromatic rings. The molecule has 7 heteroatoms. The van der Waals surface area contributed by atoms with E-state index in [9.17, 15) is 4.39 Å². The SMILES string of the molecule is NC1=NCC(c2ncc(Br)cc2Br)N1c1cccc(F)c1. The highest BCUT2D eigenvalue weighted by Gasteiger charge is 2.31. The van der Waals surface area contributed by atoms with E-state index < -0.39 is 0 Å². The summed E-state index contributed by atoms with van der Waals surface area (Å²) in [6, 6.07) is 8.05. The number of aromatic nitrogens is 1. The zero-order valence-electron chi connectivity index (χ0n) is 10.8. The number of anilines is 1. The predicted molar refractivity (Wildman–Crippen MR) is 87.7 cm³/mol. The molecule has 1 aliphatic rings. The fraction of sp³-hybridized carbons (Fsp3) is 0.143. The third-order valence-electron chi connectivity index (χ3n) is 3.22. The maximum Gasteiger partial charge on any atom is 0.196 e. The van der Waals surface area contributed by atoms with Crippen molar-refractivity contribution >= 4 is 43.5 Å². The first-order chi connectivity index (χ1) is 10.1. The molecule has 0 amide bonds. The molecule has 2 heterocycles. The van der Waals surface area contributed by atoms with Gasteiger partial charge in [-0.3, -0.25) is 9.98 Å². The Balaban J connectivity index is 2.03. The van der Waals surface area contributed by atoms with Crippen molar-refractivity contribution in [3.8, 4) is 0 Å². The quantitative estimate of drug-likeness (QED) is 0.817. The molecule has 0 aliphatic carbocycles. The van der Waals surface area contributed by atoms with Gasteiger partial charge in [0, 0.05) is 20.8 Å². The van der Waals surface area contributed by atoms with Crippen LogP contribution in [0.4, 0.5) is 10.1 Å². The summed E-state index contributed by atoms with van der Waals surface area (Å²) in [7, 11) is 0. The van der Waals surface area contributed by atoms with Crippen molar-refractivity contribution < 1.29 is 4.39 Å². The second-order valence-corrected chi connectivity index (χ2v) is 6.36. The molecule has 108 valence electrons. The van der Waals surface area contributed by atoms with Crippen LogP contribution in [0.1, 0.15) is 11.7 Å². The number of benzene rings is 1. The van der Waals surface area contributed by atoms with E-state index in [0.29, 0.717) is 18.2 Å². The van der Waals surface area contributed by atoms with Crippen LogP contribution in [0.2, 0.25) is 0 Å². The number of aliphatic imine (C=N–C) groups is 1. The van der Waals surface area contributed by atoms with Gasteiger partial charge in [0.1, 0.15) is 5.82 Å². The largest absolute Gasteiger partial charge is 0.369 e. The van der Waals surface area contributed by atoms with Crippen LogP contribution < -0.4 is 10.6 Å². The van der Waals surface area contributed by atoms with Gasteiger partial charge in [-0.2, -0.15) is 0 Å². The molecule has 0 saturated carbocycles. The summed E-state index contributed by atoms with van der Waals surface area (Å²) in [4.78, 5) is 10.5. The first kappa shape index (κ1) is 14.5. The highest BCUT2D eigenvalue weighted by atomic mass is 79.9. The lowest BCUT2D eigenvalue weighted by atomic mass is 10.1. The van der Waals surface area contributed by atoms with Crippen LogP contribution in [-0.2, 0) is 0 Å². The van der Waals surface area contributed by atoms with E-state index in [1.54, 1.807) is 23.2 Å². The van der Waals surface area contributed by atoms with Gasteiger partial charge in [0.25, 0.3) is 0 Å². The van der Waals surface area contributed by atoms with Crippen molar-refractivity contribution in [2.45, 2.75) is 6.04 Å². The first-order valence-electron chi connectivity index (χ1n) is 6.22. The van der Waals surface area contributed by atoms with Crippen molar-refractivity contribution in [3.05, 3.63) is 57.0 Å². The maximum atomic E-state index is 13.5. The van der Waals surface area contributed by atoms with E-state index in [0.717, 1.165) is 14.6 Å². The Morgan fingerprint density at radius 3 is 2.81 bits per heavy atom. The molecule has 0 spiro atoms. The maximum absolute atomic E-state index is 13.5. The molecule has 1 aromatic heterocycles. The number of hydrogen-bond acceptors (Lipinski definition) is 4. The number of nitrogens with zero attached hydrogens (tertiary/aromatic N) is 3. The Hall–Kier alpha value is -1.47. The molecule has 21 heavy (non-hydrogen) atoms. The van der Waals surface area contributed by atoms with Crippen LogP contribution >= 0.6 is 31.9 Å². The monoisotopic (exact) mass is 412 g/mol. The molecule has 3 rings (SSSR count). The van der Waals surface area contributed by atoms with Gasteiger partial charge in [-0.15, -0.1) is 0 Å². The van der Waals surface area contributed by atoms with E-state index >= 15 is 0 Å². The van der Waals surface area contributed by atoms with E-state index in [-0.39, 0.29) is 11.9 Å². The average Bonchev–Trinajstić information content (AvgIpc) is 2.80. The highest BCUT2D eigenvalue weighted by Crippen LogP contribution is 2.34. The summed E-state index contributed by atoms with van der Waals surface area (Å²) < 4.78 is 15.2. The molecular formula is C14H11Br2FN4. The molecule has 4 nitrogen and oxygen atoms in total. The average molecular weight is 414 g/mol. The van der Waals surface area contributed by atoms with Gasteiger partial charge in [0.15, 0.2) is 5.96 Å². The standard InChI is InChI=1S/C14H11Br2FN4/c15-8-4-11(16)13(19-6-8)12-7-20-14(18)21(12)10-3-1-2-9(17)5-10/h1-6,12H,7H2,(H2,18,20). The number of pyridine rings is 1. The second kappa shape index (κ2) is 5.73. The zero-order chi connectivity index (χ0) is 15.0. The summed E-state index contributed by atoms with van der Waals surface area (Å²) in [6.07, 6.45) is 1.72. The molecule has 1 unspecified atom stereocenters. The lowest BCUT2D eigenvalue weighted by molar-refractivity contribution is 0.626. The van der Waals surface area contributed by atoms with E-state index in [4.69, 9.17) is 5.73 Å². The summed E-state index contributed by atoms with van der Waals surface area (Å²) in [5.74, 6) is 0.0519. The van der Waals surface area contributed by atoms with Crippen molar-refractivity contribution in [2.75, 3.05) is 11.4 Å². The van der Waals surface area contributed by atoms with E-state index in [2.05, 4.69) is 41.8 Å². The molecule has 0 fully saturated rings. The van der Waals surface area contributed by atoms with Gasteiger partial charge in [-0.1, -0.05) is 6.07 Å². The summed E-state index contributed by atoms with van der Waals surface area (Å²) in [5, 5.41) is 0. The Kier molecular flexibility index (Phi) is 3.95. The van der Waals surface area contributed by atoms with Gasteiger partial charge in [0.2, 0.25) is 0 Å². The molecule has 0 radical (unpaired) electrons. The molecular weight excluding hydrogens is 403 g/mol. The van der Waals surface area contributed by atoms with E-state index in [1.807, 2.05) is 6.07 Å². The lowest BCUT2D eigenvalue weighted by Crippen LogP contribution is -2.36. The first-order valence-corrected chi connectivity index (χ1v) is 7.80. The highest BCUT2D eigenvalue weighted by molar-refractivity contribution is 9.11. The van der Waals surface area contributed by atoms with Gasteiger partial charge in [-0.05, 0) is 56.1 Å². The topological polar surface area (TPSA) is 54.5 Å². The van der Waals surface area contributed by atoms with Crippen LogP contribution in [0.25, 0.3) is 0 Å². The number of nitrogens with two attached hydrogens (primary N) is 1. The number of rotatable bonds is 2. The second-order valence-electron chi connectivity index (χ2n) is 4.59. The van der Waals surface area contributed by atoms with Crippen LogP contribution in [0.5, 0.6) is 0 Å². The van der Waals surface area contributed by atoms with Gasteiger partial charge >= 0.3 is 0 Å². The zero-order valence-corrected chi connectivity index (χ0v) is 14.0. The predicted octanol–water partition coefficient (Wildman–Crippen LogP) is 3.62. The Bertz CT molecular complexity index is 720. The van der Waals surface area contributed by atoms with Crippen molar-refractivity contribution in [1.82, 2.24) is 4.98 Å². The number of hydrogen-bond donors (Lipinski definition) is 1. The van der Waals surface area contributed by atoms with E-state index in [1.165, 1.54) is 12.1 Å². The van der Waals surface area contributed by atoms with Crippen LogP contribution in [0.15, 0.2) is 50.5 Å². The smallest absolute Gasteiger partial charge is 0.196 e. The van der Waals surface area contributed by atoms with Crippen molar-refractivity contribution in [1.29, 1.82) is 0 Å². The van der Waals surface area contributed by atoms with Crippen LogP contribution in [0.3, 0.4) is 0 Å². The van der Waals surface area contributed by atoms with Gasteiger partial charge in [0.05, 0.1) is 18.3 Å². The minimum atomic E-state index is -0.311. The molecule has 1 atom stereocenters. The molecule has 2 N–H and O–H groups in total. The third-order valence-corrected chi connectivity index (χ3v) is 4.29. The van der Waals surface area contributed by atoms with Gasteiger partial charge < -0.3 is 10.6 Å². The Morgan fingerprint density at radius 1 is 1.29 bits per heavy atom. The molecule has 0 bridgehead atoms. The summed E-state index contributed by atoms with van der Waals surface area (Å²) >= 11 is 6.88. The minimum Gasteiger partial charge on any atom is -0.369 e. The fourth-order valence-electron chi connectivity index (χ4n) is 2.31. The molecule has 1 aromatic carbocycles. The molecule has 0 saturated heterocycles. The normalized spacial score (nSPS) is 18.0. The summed E-state index contributed by atoms with van der Waals surface area (Å²) in [6.45, 7) is 0.482. The summed E-state index contributed by atoms with van der Waals surface area (Å²) in [5.41, 5.74) is 7.44. The third kappa shape index (κ3) is 2.80. The van der Waals surface area contributed by atoms with Gasteiger partial charge in [-0.25, -0.2) is 4.39 Å². The van der Waals surface area contributed by atoms with Crippen LogP contribution in [0, 0.1) is 5.82 Å². The Labute approximate surface area is 138 Å². The Morgan fingerprint density at radius 2 is 2.10 bits per heavy atom. The fourth-order valence-corrected chi connectivity index (χ4v) is 3.57. The van der Waals surface area contributed by atoms with Crippen LogP contribution in [-0.4, -0.2) is 17.5 Å². The number of halogens is 3. The lowest BCUT2D eigenvalue weighted by Gasteiger charge is -2.26.